The standard InChI is InChI=1S/C33H35N7O3/c1-20-8-6-9-28(37-20)43-26-14-11-21(16-27(26)42-5)30-25(39(4)33-31(30)32(34)35-19-36-33)13-12-22-23-17-40(18-24(22)23)29(41)10-7-15-38(2)3/h6-11,14,16,19,22-24H,15,17-18H2,1-5H3,(H2,34,35,36)/b10-7+/t22?,23-,24+. The lowest BCUT2D eigenvalue weighted by atomic mass is 10.0. The van der Waals surface area contributed by atoms with E-state index in [9.17, 15) is 4.79 Å². The lowest BCUT2D eigenvalue weighted by molar-refractivity contribution is -0.125. The quantitative estimate of drug-likeness (QED) is 0.260. The summed E-state index contributed by atoms with van der Waals surface area (Å²) in [4.78, 5) is 29.8. The van der Waals surface area contributed by atoms with Gasteiger partial charge in [0.15, 0.2) is 11.5 Å². The average molecular weight is 578 g/mol. The number of nitrogens with zero attached hydrogens (tertiary/aromatic N) is 6. The van der Waals surface area contributed by atoms with E-state index in [-0.39, 0.29) is 11.8 Å². The van der Waals surface area contributed by atoms with Crippen molar-refractivity contribution in [3.63, 3.8) is 0 Å². The van der Waals surface area contributed by atoms with Gasteiger partial charge in [0.05, 0.1) is 12.5 Å². The van der Waals surface area contributed by atoms with Crippen molar-refractivity contribution in [3.8, 4) is 40.3 Å². The van der Waals surface area contributed by atoms with Crippen LogP contribution in [0.2, 0.25) is 0 Å². The van der Waals surface area contributed by atoms with Gasteiger partial charge in [0, 0.05) is 56.0 Å². The number of likely N-dealkylation sites (N-methyl/N-ethyl adjacent to an activating group) is 1. The summed E-state index contributed by atoms with van der Waals surface area (Å²) >= 11 is 0. The second kappa shape index (κ2) is 11.4. The van der Waals surface area contributed by atoms with Crippen molar-refractivity contribution in [1.82, 2.24) is 29.3 Å². The van der Waals surface area contributed by atoms with Crippen molar-refractivity contribution >= 4 is 22.8 Å². The number of hydrogen-bond acceptors (Lipinski definition) is 8. The zero-order valence-electron chi connectivity index (χ0n) is 25.0. The number of ether oxygens (including phenoxy) is 2. The Morgan fingerprint density at radius 1 is 1.16 bits per heavy atom. The van der Waals surface area contributed by atoms with Crippen molar-refractivity contribution in [1.29, 1.82) is 0 Å². The van der Waals surface area contributed by atoms with Gasteiger partial charge in [-0.2, -0.15) is 0 Å². The number of carbonyl (C=O) groups excluding carboxylic acids is 1. The number of carbonyl (C=O) groups is 1. The van der Waals surface area contributed by atoms with Crippen molar-refractivity contribution in [3.05, 3.63) is 66.3 Å². The molecule has 1 aliphatic carbocycles. The number of aryl methyl sites for hydroxylation is 2. The molecule has 0 bridgehead atoms. The van der Waals surface area contributed by atoms with E-state index in [1.165, 1.54) is 6.33 Å². The first-order valence-corrected chi connectivity index (χ1v) is 14.3. The van der Waals surface area contributed by atoms with Crippen molar-refractivity contribution in [2.45, 2.75) is 6.92 Å². The van der Waals surface area contributed by atoms with Gasteiger partial charge in [0.2, 0.25) is 11.8 Å². The Hall–Kier alpha value is -4.88. The van der Waals surface area contributed by atoms with E-state index in [4.69, 9.17) is 15.2 Å². The number of nitrogens with two attached hydrogens (primary N) is 1. The van der Waals surface area contributed by atoms with Crippen LogP contribution in [0.4, 0.5) is 5.82 Å². The highest BCUT2D eigenvalue weighted by Gasteiger charge is 2.55. The molecule has 220 valence electrons. The number of hydrogen-bond donors (Lipinski definition) is 1. The minimum absolute atomic E-state index is 0.0744. The summed E-state index contributed by atoms with van der Waals surface area (Å²) in [7, 11) is 7.51. The third kappa shape index (κ3) is 5.51. The van der Waals surface area contributed by atoms with Crippen LogP contribution < -0.4 is 15.2 Å². The number of amides is 1. The molecule has 10 nitrogen and oxygen atoms in total. The number of methoxy groups -OCH3 is 1. The molecule has 0 radical (unpaired) electrons. The van der Waals surface area contributed by atoms with E-state index in [2.05, 4.69) is 26.8 Å². The zero-order chi connectivity index (χ0) is 30.2. The molecule has 10 heteroatoms. The molecule has 1 unspecified atom stereocenters. The number of aromatic nitrogens is 4. The number of anilines is 1. The first kappa shape index (κ1) is 28.2. The molecule has 3 aromatic heterocycles. The topological polar surface area (TPSA) is 112 Å². The summed E-state index contributed by atoms with van der Waals surface area (Å²) in [6, 6.07) is 11.3. The zero-order valence-corrected chi connectivity index (χ0v) is 25.0. The fraction of sp³-hybridized carbons (Fsp3) is 0.333. The van der Waals surface area contributed by atoms with E-state index in [0.717, 1.165) is 47.5 Å². The second-order valence-corrected chi connectivity index (χ2v) is 11.4. The van der Waals surface area contributed by atoms with Gasteiger partial charge >= 0.3 is 0 Å². The minimum atomic E-state index is 0.0744. The molecule has 2 fully saturated rings. The highest BCUT2D eigenvalue weighted by molar-refractivity contribution is 6.03. The van der Waals surface area contributed by atoms with E-state index < -0.39 is 0 Å². The predicted octanol–water partition coefficient (Wildman–Crippen LogP) is 3.90. The van der Waals surface area contributed by atoms with Gasteiger partial charge in [-0.15, -0.1) is 0 Å². The molecule has 1 amide bonds. The summed E-state index contributed by atoms with van der Waals surface area (Å²) in [5.74, 6) is 10.1. The summed E-state index contributed by atoms with van der Waals surface area (Å²) in [5.41, 5.74) is 10.5. The Balaban J connectivity index is 1.29. The molecule has 1 aromatic carbocycles. The molecule has 1 aliphatic heterocycles. The Bertz CT molecular complexity index is 1790. The van der Waals surface area contributed by atoms with Crippen LogP contribution in [0.25, 0.3) is 22.2 Å². The lowest BCUT2D eigenvalue weighted by Gasteiger charge is -2.16. The van der Waals surface area contributed by atoms with Gasteiger partial charge in [0.1, 0.15) is 23.5 Å². The van der Waals surface area contributed by atoms with Crippen LogP contribution in [0.1, 0.15) is 11.4 Å². The molecule has 1 saturated heterocycles. The third-order valence-electron chi connectivity index (χ3n) is 8.12. The van der Waals surface area contributed by atoms with Crippen LogP contribution in [0.15, 0.2) is 54.9 Å². The summed E-state index contributed by atoms with van der Waals surface area (Å²) in [6.07, 6.45) is 5.06. The molecule has 43 heavy (non-hydrogen) atoms. The Labute approximate surface area is 251 Å². The Kier molecular flexibility index (Phi) is 7.50. The van der Waals surface area contributed by atoms with Gasteiger partial charge in [-0.05, 0) is 62.5 Å². The average Bonchev–Trinajstić information content (AvgIpc) is 3.29. The first-order valence-electron chi connectivity index (χ1n) is 14.3. The number of likely N-dealkylation sites (tertiary alicyclic amines) is 1. The molecule has 2 N–H and O–H groups in total. The van der Waals surface area contributed by atoms with Gasteiger partial charge in [-0.1, -0.05) is 24.1 Å². The maximum Gasteiger partial charge on any atom is 0.246 e. The number of fused-ring (bicyclic) bond motifs is 2. The molecule has 1 saturated carbocycles. The maximum absolute atomic E-state index is 12.6. The maximum atomic E-state index is 12.6. The second-order valence-electron chi connectivity index (χ2n) is 11.4. The van der Waals surface area contributed by atoms with E-state index >= 15 is 0 Å². The first-order chi connectivity index (χ1) is 20.7. The van der Waals surface area contributed by atoms with Crippen LogP contribution in [-0.2, 0) is 11.8 Å². The number of piperidine rings is 1. The highest BCUT2D eigenvalue weighted by atomic mass is 16.5. The highest BCUT2D eigenvalue weighted by Crippen LogP contribution is 2.51. The molecule has 4 heterocycles. The predicted molar refractivity (Wildman–Crippen MR) is 166 cm³/mol. The van der Waals surface area contributed by atoms with Crippen LogP contribution in [0.5, 0.6) is 17.4 Å². The smallest absolute Gasteiger partial charge is 0.246 e. The molecule has 6 rings (SSSR count). The third-order valence-corrected chi connectivity index (χ3v) is 8.12. The molecule has 2 aliphatic rings. The van der Waals surface area contributed by atoms with E-state index in [1.807, 2.05) is 78.8 Å². The monoisotopic (exact) mass is 577 g/mol. The Morgan fingerprint density at radius 2 is 1.95 bits per heavy atom. The van der Waals surface area contributed by atoms with Gasteiger partial charge < -0.3 is 29.6 Å². The van der Waals surface area contributed by atoms with E-state index in [1.54, 1.807) is 19.3 Å². The number of nitrogen functional groups attached to an aromatic ring is 1. The largest absolute Gasteiger partial charge is 0.493 e. The fourth-order valence-corrected chi connectivity index (χ4v) is 5.84. The van der Waals surface area contributed by atoms with Crippen LogP contribution in [0, 0.1) is 36.5 Å². The summed E-state index contributed by atoms with van der Waals surface area (Å²) in [5, 5.41) is 0.739. The van der Waals surface area contributed by atoms with E-state index in [0.29, 0.717) is 40.7 Å². The Morgan fingerprint density at radius 3 is 2.67 bits per heavy atom. The SMILES string of the molecule is COc1cc(-c2c(C#CC3[C@H]4CN(C(=O)/C=C/CN(C)C)C[C@@H]34)n(C)c3ncnc(N)c23)ccc1Oc1cccc(C)n1. The molecule has 4 aromatic rings. The molecule has 0 spiro atoms. The lowest BCUT2D eigenvalue weighted by Crippen LogP contribution is -2.30. The van der Waals surface area contributed by atoms with Crippen LogP contribution in [-0.4, -0.2) is 76.1 Å². The minimum Gasteiger partial charge on any atom is -0.493 e. The number of rotatable bonds is 7. The number of benzene rings is 1. The summed E-state index contributed by atoms with van der Waals surface area (Å²) in [6.45, 7) is 4.14. The van der Waals surface area contributed by atoms with Crippen LogP contribution in [0.3, 0.4) is 0 Å². The molecule has 3 atom stereocenters. The normalized spacial score (nSPS) is 19.0. The van der Waals surface area contributed by atoms with Gasteiger partial charge in [0.25, 0.3) is 0 Å². The van der Waals surface area contributed by atoms with Crippen molar-refractivity contribution in [2.24, 2.45) is 24.8 Å². The van der Waals surface area contributed by atoms with Crippen molar-refractivity contribution < 1.29 is 14.3 Å². The van der Waals surface area contributed by atoms with Crippen LogP contribution >= 0.6 is 0 Å². The summed E-state index contributed by atoms with van der Waals surface area (Å²) < 4.78 is 13.7. The van der Waals surface area contributed by atoms with Gasteiger partial charge in [-0.25, -0.2) is 15.0 Å². The number of pyridine rings is 1. The van der Waals surface area contributed by atoms with Crippen molar-refractivity contribution in [2.75, 3.05) is 46.6 Å². The fourth-order valence-electron chi connectivity index (χ4n) is 5.84. The molecular weight excluding hydrogens is 542 g/mol. The molecular formula is C33H35N7O3. The van der Waals surface area contributed by atoms with Gasteiger partial charge in [-0.3, -0.25) is 4.79 Å².